The maximum atomic E-state index is 10.9. The van der Waals surface area contributed by atoms with Gasteiger partial charge in [0.15, 0.2) is 0 Å². The fourth-order valence-electron chi connectivity index (χ4n) is 0.655. The van der Waals surface area contributed by atoms with E-state index >= 15 is 0 Å². The van der Waals surface area contributed by atoms with E-state index in [9.17, 15) is 9.59 Å². The van der Waals surface area contributed by atoms with Crippen LogP contribution in [0.3, 0.4) is 0 Å². The van der Waals surface area contributed by atoms with E-state index < -0.39 is 12.1 Å². The molecule has 0 rings (SSSR count). The van der Waals surface area contributed by atoms with Crippen molar-refractivity contribution >= 4 is 12.1 Å². The monoisotopic (exact) mass is 214 g/mol. The third-order valence-corrected chi connectivity index (χ3v) is 1.17. The molecule has 15 heavy (non-hydrogen) atoms. The zero-order valence-electron chi connectivity index (χ0n) is 9.02. The molecule has 0 aliphatic heterocycles. The first kappa shape index (κ1) is 13.3. The number of carbonyl (C=O) groups is 2. The van der Waals surface area contributed by atoms with Crippen LogP contribution in [-0.2, 0) is 14.3 Å². The number of azo groups is 1. The summed E-state index contributed by atoms with van der Waals surface area (Å²) in [6.45, 7) is 5.41. The van der Waals surface area contributed by atoms with Crippen LogP contribution in [0.4, 0.5) is 4.79 Å². The summed E-state index contributed by atoms with van der Waals surface area (Å²) >= 11 is 0. The highest BCUT2D eigenvalue weighted by Gasteiger charge is 1.99. The number of amides is 1. The van der Waals surface area contributed by atoms with Gasteiger partial charge in [-0.15, -0.1) is 5.11 Å². The van der Waals surface area contributed by atoms with Crippen LogP contribution in [0.15, 0.2) is 22.0 Å². The third kappa shape index (κ3) is 7.36. The maximum Gasteiger partial charge on any atom is 0.452 e. The summed E-state index contributed by atoms with van der Waals surface area (Å²) in [5, 5.41) is 6.69. The predicted octanol–water partition coefficient (Wildman–Crippen LogP) is 2.06. The highest BCUT2D eigenvalue weighted by atomic mass is 16.5. The molecule has 0 aromatic rings. The molecular formula is C9H14N2O4. The summed E-state index contributed by atoms with van der Waals surface area (Å²) < 4.78 is 9.14. The van der Waals surface area contributed by atoms with Gasteiger partial charge < -0.3 is 9.47 Å². The Hall–Kier alpha value is -1.72. The van der Waals surface area contributed by atoms with Crippen LogP contribution in [0, 0.1) is 0 Å². The fraction of sp³-hybridized carbons (Fsp3) is 0.556. The van der Waals surface area contributed by atoms with Crippen molar-refractivity contribution < 1.29 is 19.1 Å². The summed E-state index contributed by atoms with van der Waals surface area (Å²) in [6, 6.07) is 0. The van der Waals surface area contributed by atoms with Crippen LogP contribution in [0.2, 0.25) is 0 Å². The second-order valence-electron chi connectivity index (χ2n) is 2.44. The van der Waals surface area contributed by atoms with Crippen molar-refractivity contribution in [1.29, 1.82) is 0 Å². The summed E-state index contributed by atoms with van der Waals surface area (Å²) in [7, 11) is 0. The minimum absolute atomic E-state index is 0.235. The number of rotatable bonds is 4. The lowest BCUT2D eigenvalue weighted by atomic mass is 10.4. The largest absolute Gasteiger partial charge is 0.463 e. The van der Waals surface area contributed by atoms with Gasteiger partial charge in [0.25, 0.3) is 0 Å². The van der Waals surface area contributed by atoms with Gasteiger partial charge in [0.1, 0.15) is 0 Å². The van der Waals surface area contributed by atoms with Crippen molar-refractivity contribution in [1.82, 2.24) is 0 Å². The SMILES string of the molecule is CCOC(=O)/C=C(\C)N=NC(=O)OCC. The second kappa shape index (κ2) is 7.66. The number of esters is 1. The van der Waals surface area contributed by atoms with Gasteiger partial charge in [-0.25, -0.2) is 9.59 Å². The van der Waals surface area contributed by atoms with Gasteiger partial charge in [0.2, 0.25) is 0 Å². The van der Waals surface area contributed by atoms with Crippen molar-refractivity contribution in [2.24, 2.45) is 10.2 Å². The minimum atomic E-state index is -0.783. The van der Waals surface area contributed by atoms with E-state index in [1.54, 1.807) is 13.8 Å². The van der Waals surface area contributed by atoms with Crippen LogP contribution in [-0.4, -0.2) is 25.3 Å². The Bertz CT molecular complexity index is 284. The highest BCUT2D eigenvalue weighted by molar-refractivity contribution is 5.82. The first-order valence-electron chi connectivity index (χ1n) is 4.53. The lowest BCUT2D eigenvalue weighted by molar-refractivity contribution is -0.137. The van der Waals surface area contributed by atoms with Gasteiger partial charge >= 0.3 is 12.1 Å². The molecule has 0 bridgehead atoms. The fourth-order valence-corrected chi connectivity index (χ4v) is 0.655. The lowest BCUT2D eigenvalue weighted by Crippen LogP contribution is -2.00. The van der Waals surface area contributed by atoms with Crippen molar-refractivity contribution in [2.45, 2.75) is 20.8 Å². The third-order valence-electron chi connectivity index (χ3n) is 1.17. The molecular weight excluding hydrogens is 200 g/mol. The lowest BCUT2D eigenvalue weighted by Gasteiger charge is -1.95. The predicted molar refractivity (Wildman–Crippen MR) is 52.3 cm³/mol. The van der Waals surface area contributed by atoms with E-state index in [1.165, 1.54) is 6.92 Å². The molecule has 0 atom stereocenters. The molecule has 6 nitrogen and oxygen atoms in total. The van der Waals surface area contributed by atoms with Gasteiger partial charge in [-0.3, -0.25) is 0 Å². The van der Waals surface area contributed by atoms with Crippen LogP contribution >= 0.6 is 0 Å². The van der Waals surface area contributed by atoms with Crippen molar-refractivity contribution in [2.75, 3.05) is 13.2 Å². The molecule has 0 heterocycles. The first-order chi connectivity index (χ1) is 7.10. The number of carbonyl (C=O) groups excluding carboxylic acids is 2. The van der Waals surface area contributed by atoms with Crippen molar-refractivity contribution in [3.8, 4) is 0 Å². The average molecular weight is 214 g/mol. The van der Waals surface area contributed by atoms with Crippen LogP contribution in [0.1, 0.15) is 20.8 Å². The van der Waals surface area contributed by atoms with E-state index in [0.717, 1.165) is 6.08 Å². The Morgan fingerprint density at radius 3 is 2.27 bits per heavy atom. The quantitative estimate of drug-likeness (QED) is 0.407. The molecule has 84 valence electrons. The Morgan fingerprint density at radius 2 is 1.73 bits per heavy atom. The van der Waals surface area contributed by atoms with Crippen molar-refractivity contribution in [3.05, 3.63) is 11.8 Å². The molecule has 0 fully saturated rings. The molecule has 0 N–H and O–H groups in total. The summed E-state index contributed by atoms with van der Waals surface area (Å²) in [4.78, 5) is 21.6. The smallest absolute Gasteiger partial charge is 0.452 e. The molecule has 0 aromatic carbocycles. The van der Waals surface area contributed by atoms with Gasteiger partial charge in [-0.1, -0.05) is 5.11 Å². The molecule has 0 spiro atoms. The number of ether oxygens (including phenoxy) is 2. The minimum Gasteiger partial charge on any atom is -0.463 e. The van der Waals surface area contributed by atoms with E-state index in [-0.39, 0.29) is 18.9 Å². The zero-order valence-corrected chi connectivity index (χ0v) is 9.02. The summed E-state index contributed by atoms with van der Waals surface area (Å²) in [5.74, 6) is -0.516. The van der Waals surface area contributed by atoms with Crippen LogP contribution in [0.5, 0.6) is 0 Å². The molecule has 1 amide bonds. The summed E-state index contributed by atoms with van der Waals surface area (Å²) in [6.07, 6.45) is 0.362. The Morgan fingerprint density at radius 1 is 1.13 bits per heavy atom. The maximum absolute atomic E-state index is 10.9. The highest BCUT2D eigenvalue weighted by Crippen LogP contribution is 1.98. The summed E-state index contributed by atoms with van der Waals surface area (Å²) in [5.41, 5.74) is 0.279. The Labute approximate surface area is 88.0 Å². The molecule has 0 saturated carbocycles. The molecule has 0 unspecified atom stereocenters. The van der Waals surface area contributed by atoms with Crippen LogP contribution < -0.4 is 0 Å². The standard InChI is InChI=1S/C9H14N2O4/c1-4-14-8(12)6-7(3)10-11-9(13)15-5-2/h6H,4-5H2,1-3H3/b7-6+,11-10?. The molecule has 0 aromatic heterocycles. The second-order valence-corrected chi connectivity index (χ2v) is 2.44. The van der Waals surface area contributed by atoms with E-state index in [2.05, 4.69) is 19.7 Å². The van der Waals surface area contributed by atoms with Gasteiger partial charge in [-0.05, 0) is 20.8 Å². The molecule has 6 heteroatoms. The molecule has 0 aliphatic rings. The number of nitrogens with zero attached hydrogens (tertiary/aromatic N) is 2. The van der Waals surface area contributed by atoms with E-state index in [0.29, 0.717) is 0 Å². The van der Waals surface area contributed by atoms with Crippen molar-refractivity contribution in [3.63, 3.8) is 0 Å². The van der Waals surface area contributed by atoms with E-state index in [4.69, 9.17) is 0 Å². The molecule has 0 aliphatic carbocycles. The van der Waals surface area contributed by atoms with Gasteiger partial charge in [0, 0.05) is 6.08 Å². The number of hydrogen-bond donors (Lipinski definition) is 0. The van der Waals surface area contributed by atoms with Gasteiger partial charge in [-0.2, -0.15) is 0 Å². The van der Waals surface area contributed by atoms with Gasteiger partial charge in [0.05, 0.1) is 18.9 Å². The number of hydrogen-bond acceptors (Lipinski definition) is 5. The first-order valence-corrected chi connectivity index (χ1v) is 4.53. The molecule has 0 saturated heterocycles. The average Bonchev–Trinajstić information content (AvgIpc) is 2.15. The normalized spacial score (nSPS) is 11.5. The molecule has 0 radical (unpaired) electrons. The Kier molecular flexibility index (Phi) is 6.78. The number of allylic oxidation sites excluding steroid dienone is 1. The van der Waals surface area contributed by atoms with Crippen LogP contribution in [0.25, 0.3) is 0 Å². The topological polar surface area (TPSA) is 77.3 Å². The Balaban J connectivity index is 4.16. The van der Waals surface area contributed by atoms with E-state index in [1.807, 2.05) is 0 Å². The zero-order chi connectivity index (χ0) is 11.7.